The van der Waals surface area contributed by atoms with Crippen LogP contribution in [0.1, 0.15) is 13.8 Å². The van der Waals surface area contributed by atoms with Crippen LogP contribution < -0.4 is 0 Å². The van der Waals surface area contributed by atoms with E-state index >= 15 is 0 Å². The lowest BCUT2D eigenvalue weighted by atomic mass is 9.98. The number of ether oxygens (including phenoxy) is 1. The molecule has 0 aromatic carbocycles. The zero-order valence-electron chi connectivity index (χ0n) is 7.84. The van der Waals surface area contributed by atoms with Crippen molar-refractivity contribution in [3.8, 4) is 0 Å². The maximum Gasteiger partial charge on any atom is 0.134 e. The summed E-state index contributed by atoms with van der Waals surface area (Å²) in [5.41, 5.74) is -1.35. The fourth-order valence-corrected chi connectivity index (χ4v) is 1.25. The molecule has 1 saturated heterocycles. The Labute approximate surface area is 77.5 Å². The number of aliphatic hydroxyl groups is 3. The van der Waals surface area contributed by atoms with Gasteiger partial charge in [0, 0.05) is 0 Å². The molecule has 0 aliphatic carbocycles. The third kappa shape index (κ3) is 2.51. The zero-order valence-corrected chi connectivity index (χ0v) is 7.84. The Balaban J connectivity index is 2.59. The highest BCUT2D eigenvalue weighted by Crippen LogP contribution is 2.32. The molecular formula is C9H16O4. The Morgan fingerprint density at radius 3 is 2.46 bits per heavy atom. The topological polar surface area (TPSA) is 73.2 Å². The minimum atomic E-state index is -1.35. The van der Waals surface area contributed by atoms with Gasteiger partial charge in [-0.3, -0.25) is 0 Å². The first-order valence-electron chi connectivity index (χ1n) is 4.36. The van der Waals surface area contributed by atoms with Crippen molar-refractivity contribution in [3.05, 3.63) is 12.2 Å². The molecule has 4 atom stereocenters. The molecule has 0 spiro atoms. The summed E-state index contributed by atoms with van der Waals surface area (Å²) in [6.07, 6.45) is 1.81. The van der Waals surface area contributed by atoms with Gasteiger partial charge in [0.2, 0.25) is 0 Å². The van der Waals surface area contributed by atoms with Crippen LogP contribution in [0.5, 0.6) is 0 Å². The Bertz CT molecular complexity index is 202. The lowest BCUT2D eigenvalue weighted by Gasteiger charge is -2.19. The summed E-state index contributed by atoms with van der Waals surface area (Å²) in [6.45, 7) is 3.00. The lowest BCUT2D eigenvalue weighted by molar-refractivity contribution is 0.00367. The minimum Gasteiger partial charge on any atom is -0.393 e. The highest BCUT2D eigenvalue weighted by molar-refractivity contribution is 5.12. The predicted octanol–water partition coefficient (Wildman–Crippen LogP) is -0.566. The highest BCUT2D eigenvalue weighted by Gasteiger charge is 2.49. The van der Waals surface area contributed by atoms with Crippen LogP contribution in [0.15, 0.2) is 12.2 Å². The molecular weight excluding hydrogens is 172 g/mol. The van der Waals surface area contributed by atoms with Crippen LogP contribution in [0.4, 0.5) is 0 Å². The first kappa shape index (κ1) is 10.7. The molecule has 0 aromatic rings. The molecule has 76 valence electrons. The number of hydrogen-bond acceptors (Lipinski definition) is 4. The first-order chi connectivity index (χ1) is 5.99. The molecule has 0 radical (unpaired) electrons. The highest BCUT2D eigenvalue weighted by atomic mass is 16.6. The van der Waals surface area contributed by atoms with Crippen molar-refractivity contribution in [1.82, 2.24) is 0 Å². The van der Waals surface area contributed by atoms with Gasteiger partial charge in [0.05, 0.1) is 18.8 Å². The van der Waals surface area contributed by atoms with Crippen molar-refractivity contribution >= 4 is 0 Å². The van der Waals surface area contributed by atoms with E-state index in [0.29, 0.717) is 0 Å². The Kier molecular flexibility index (Phi) is 3.08. The summed E-state index contributed by atoms with van der Waals surface area (Å²) in [6, 6.07) is 0. The number of rotatable bonds is 4. The summed E-state index contributed by atoms with van der Waals surface area (Å²) in [5, 5.41) is 27.7. The van der Waals surface area contributed by atoms with Crippen LogP contribution in [0.3, 0.4) is 0 Å². The Morgan fingerprint density at radius 1 is 1.62 bits per heavy atom. The first-order valence-corrected chi connectivity index (χ1v) is 4.36. The maximum atomic E-state index is 9.81. The largest absolute Gasteiger partial charge is 0.393 e. The smallest absolute Gasteiger partial charge is 0.134 e. The van der Waals surface area contributed by atoms with Crippen molar-refractivity contribution in [2.75, 3.05) is 6.61 Å². The molecule has 1 aliphatic rings. The molecule has 0 saturated carbocycles. The lowest BCUT2D eigenvalue weighted by Crippen LogP contribution is -2.38. The summed E-state index contributed by atoms with van der Waals surface area (Å²) in [5.74, 6) is 0. The minimum absolute atomic E-state index is 0.0317. The summed E-state index contributed by atoms with van der Waals surface area (Å²) in [4.78, 5) is 0. The monoisotopic (exact) mass is 188 g/mol. The van der Waals surface area contributed by atoms with Gasteiger partial charge in [-0.05, 0) is 19.9 Å². The summed E-state index contributed by atoms with van der Waals surface area (Å²) < 4.78 is 5.06. The van der Waals surface area contributed by atoms with Crippen LogP contribution in [-0.2, 0) is 4.74 Å². The molecule has 4 nitrogen and oxygen atoms in total. The van der Waals surface area contributed by atoms with Crippen LogP contribution >= 0.6 is 0 Å². The van der Waals surface area contributed by atoms with E-state index < -0.39 is 18.3 Å². The molecule has 4 heteroatoms. The predicted molar refractivity (Wildman–Crippen MR) is 47.2 cm³/mol. The SMILES string of the molecule is C[C@H](O)/C=C/[C@@](O)(CO)[C@@H]1O[C@@H]1C. The Hall–Kier alpha value is -0.420. The molecule has 1 heterocycles. The normalized spacial score (nSPS) is 34.5. The van der Waals surface area contributed by atoms with E-state index in [9.17, 15) is 5.11 Å². The van der Waals surface area contributed by atoms with Crippen LogP contribution in [0.2, 0.25) is 0 Å². The number of aliphatic hydroxyl groups excluding tert-OH is 2. The van der Waals surface area contributed by atoms with Crippen molar-refractivity contribution in [2.24, 2.45) is 0 Å². The third-order valence-electron chi connectivity index (χ3n) is 2.12. The average molecular weight is 188 g/mol. The van der Waals surface area contributed by atoms with E-state index in [1.807, 2.05) is 6.92 Å². The third-order valence-corrected chi connectivity index (χ3v) is 2.12. The molecule has 0 aromatic heterocycles. The van der Waals surface area contributed by atoms with Crippen molar-refractivity contribution in [2.45, 2.75) is 37.8 Å². The zero-order chi connectivity index (χ0) is 10.1. The van der Waals surface area contributed by atoms with Gasteiger partial charge in [-0.25, -0.2) is 0 Å². The van der Waals surface area contributed by atoms with Crippen molar-refractivity contribution < 1.29 is 20.1 Å². The van der Waals surface area contributed by atoms with Gasteiger partial charge in [0.15, 0.2) is 0 Å². The fourth-order valence-electron chi connectivity index (χ4n) is 1.25. The second-order valence-corrected chi connectivity index (χ2v) is 3.51. The second-order valence-electron chi connectivity index (χ2n) is 3.51. The fraction of sp³-hybridized carbons (Fsp3) is 0.778. The van der Waals surface area contributed by atoms with Gasteiger partial charge in [0.25, 0.3) is 0 Å². The Morgan fingerprint density at radius 2 is 2.15 bits per heavy atom. The van der Waals surface area contributed by atoms with Crippen LogP contribution in [0, 0.1) is 0 Å². The molecule has 0 bridgehead atoms. The molecule has 1 aliphatic heterocycles. The van der Waals surface area contributed by atoms with E-state index in [0.717, 1.165) is 0 Å². The van der Waals surface area contributed by atoms with E-state index in [4.69, 9.17) is 14.9 Å². The quantitative estimate of drug-likeness (QED) is 0.408. The molecule has 1 rings (SSSR count). The summed E-state index contributed by atoms with van der Waals surface area (Å²) >= 11 is 0. The maximum absolute atomic E-state index is 9.81. The van der Waals surface area contributed by atoms with Crippen LogP contribution in [-0.4, -0.2) is 45.8 Å². The van der Waals surface area contributed by atoms with Gasteiger partial charge in [0.1, 0.15) is 11.7 Å². The van der Waals surface area contributed by atoms with E-state index in [-0.39, 0.29) is 12.2 Å². The molecule has 0 amide bonds. The average Bonchev–Trinajstić information content (AvgIpc) is 2.79. The van der Waals surface area contributed by atoms with E-state index in [1.165, 1.54) is 12.2 Å². The van der Waals surface area contributed by atoms with Gasteiger partial charge in [-0.15, -0.1) is 0 Å². The molecule has 3 N–H and O–H groups in total. The van der Waals surface area contributed by atoms with Gasteiger partial charge in [-0.1, -0.05) is 6.08 Å². The van der Waals surface area contributed by atoms with Crippen molar-refractivity contribution in [3.63, 3.8) is 0 Å². The van der Waals surface area contributed by atoms with Crippen molar-refractivity contribution in [1.29, 1.82) is 0 Å². The van der Waals surface area contributed by atoms with Crippen LogP contribution in [0.25, 0.3) is 0 Å². The molecule has 0 unspecified atom stereocenters. The van der Waals surface area contributed by atoms with E-state index in [1.54, 1.807) is 6.92 Å². The second kappa shape index (κ2) is 3.75. The van der Waals surface area contributed by atoms with Gasteiger partial charge < -0.3 is 20.1 Å². The van der Waals surface area contributed by atoms with Gasteiger partial charge >= 0.3 is 0 Å². The van der Waals surface area contributed by atoms with E-state index in [2.05, 4.69) is 0 Å². The number of hydrogen-bond donors (Lipinski definition) is 3. The molecule has 13 heavy (non-hydrogen) atoms. The molecule has 1 fully saturated rings. The summed E-state index contributed by atoms with van der Waals surface area (Å²) in [7, 11) is 0. The number of epoxide rings is 1. The van der Waals surface area contributed by atoms with Gasteiger partial charge in [-0.2, -0.15) is 0 Å². The standard InChI is InChI=1S/C9H16O4/c1-6(11)3-4-9(12,5-10)8-7(2)13-8/h3-4,6-8,10-12H,5H2,1-2H3/b4-3+/t6-,7+,8+,9+/m0/s1.